The van der Waals surface area contributed by atoms with Gasteiger partial charge in [-0.3, -0.25) is 0 Å². The van der Waals surface area contributed by atoms with Crippen molar-refractivity contribution in [1.29, 1.82) is 0 Å². The van der Waals surface area contributed by atoms with Crippen molar-refractivity contribution in [3.8, 4) is 0 Å². The van der Waals surface area contributed by atoms with Gasteiger partial charge in [-0.25, -0.2) is 0 Å². The molecule has 7 heavy (non-hydrogen) atoms. The van der Waals surface area contributed by atoms with Crippen LogP contribution in [-0.4, -0.2) is 0 Å². The van der Waals surface area contributed by atoms with Crippen LogP contribution >= 0.6 is 0 Å². The molecular weight excluding hydrogens is 84.1 g/mol. The summed E-state index contributed by atoms with van der Waals surface area (Å²) >= 11 is 0. The van der Waals surface area contributed by atoms with Crippen LogP contribution < -0.4 is 0 Å². The standard InChI is InChI=1S/C7H14/c1-4-7-5(2)6(7)3/h5-7H,4H2,1-3H3/t5-,6-/m0/s1. The average molecular weight is 98.2 g/mol. The van der Waals surface area contributed by atoms with E-state index < -0.39 is 0 Å². The van der Waals surface area contributed by atoms with Gasteiger partial charge in [-0.05, 0) is 17.8 Å². The molecule has 1 saturated carbocycles. The molecule has 0 unspecified atom stereocenters. The molecule has 0 aliphatic heterocycles. The van der Waals surface area contributed by atoms with E-state index in [1.807, 2.05) is 0 Å². The van der Waals surface area contributed by atoms with Gasteiger partial charge in [0.2, 0.25) is 0 Å². The second-order valence-corrected chi connectivity index (χ2v) is 2.79. The van der Waals surface area contributed by atoms with Crippen molar-refractivity contribution >= 4 is 0 Å². The Kier molecular flexibility index (Phi) is 1.10. The van der Waals surface area contributed by atoms with Gasteiger partial charge in [0.15, 0.2) is 0 Å². The van der Waals surface area contributed by atoms with E-state index in [0.29, 0.717) is 0 Å². The Bertz CT molecular complexity index is 58.4. The summed E-state index contributed by atoms with van der Waals surface area (Å²) in [5.74, 6) is 3.13. The van der Waals surface area contributed by atoms with E-state index in [4.69, 9.17) is 0 Å². The van der Waals surface area contributed by atoms with Gasteiger partial charge < -0.3 is 0 Å². The Hall–Kier alpha value is 0. The molecule has 0 aromatic heterocycles. The zero-order valence-corrected chi connectivity index (χ0v) is 5.44. The van der Waals surface area contributed by atoms with Gasteiger partial charge in [-0.1, -0.05) is 27.2 Å². The van der Waals surface area contributed by atoms with Crippen LogP contribution in [-0.2, 0) is 0 Å². The normalized spacial score (nSPS) is 49.3. The highest BCUT2D eigenvalue weighted by Crippen LogP contribution is 2.47. The summed E-state index contributed by atoms with van der Waals surface area (Å²) < 4.78 is 0. The quantitative estimate of drug-likeness (QED) is 0.472. The molecule has 0 heterocycles. The highest BCUT2D eigenvalue weighted by molar-refractivity contribution is 4.89. The highest BCUT2D eigenvalue weighted by atomic mass is 14.5. The molecule has 0 amide bonds. The van der Waals surface area contributed by atoms with Crippen LogP contribution in [0.25, 0.3) is 0 Å². The lowest BCUT2D eigenvalue weighted by atomic mass is 10.3. The first kappa shape index (κ1) is 5.14. The zero-order valence-electron chi connectivity index (χ0n) is 5.44. The number of hydrogen-bond acceptors (Lipinski definition) is 0. The second-order valence-electron chi connectivity index (χ2n) is 2.79. The van der Waals surface area contributed by atoms with E-state index in [-0.39, 0.29) is 0 Å². The van der Waals surface area contributed by atoms with Crippen molar-refractivity contribution in [2.45, 2.75) is 27.2 Å². The Morgan fingerprint density at radius 3 is 1.57 bits per heavy atom. The van der Waals surface area contributed by atoms with Crippen LogP contribution in [0.3, 0.4) is 0 Å². The third kappa shape index (κ3) is 0.667. The average Bonchev–Trinajstić information content (AvgIpc) is 2.17. The number of rotatable bonds is 1. The van der Waals surface area contributed by atoms with E-state index in [1.165, 1.54) is 6.42 Å². The minimum absolute atomic E-state index is 1.03. The van der Waals surface area contributed by atoms with Crippen molar-refractivity contribution in [2.75, 3.05) is 0 Å². The van der Waals surface area contributed by atoms with Crippen LogP contribution in [0.4, 0.5) is 0 Å². The van der Waals surface area contributed by atoms with E-state index in [1.54, 1.807) is 0 Å². The maximum absolute atomic E-state index is 2.35. The zero-order chi connectivity index (χ0) is 5.44. The molecule has 0 spiro atoms. The molecule has 0 nitrogen and oxygen atoms in total. The first-order valence-corrected chi connectivity index (χ1v) is 3.27. The lowest BCUT2D eigenvalue weighted by Crippen LogP contribution is -1.70. The van der Waals surface area contributed by atoms with E-state index in [9.17, 15) is 0 Å². The molecule has 1 rings (SSSR count). The fourth-order valence-electron chi connectivity index (χ4n) is 1.51. The summed E-state index contributed by atoms with van der Waals surface area (Å²) in [6.45, 7) is 6.97. The SMILES string of the molecule is CCC1[C@@H](C)[C@@H]1C. The van der Waals surface area contributed by atoms with E-state index in [2.05, 4.69) is 20.8 Å². The molecule has 1 fully saturated rings. The molecule has 42 valence electrons. The van der Waals surface area contributed by atoms with Crippen LogP contribution in [0.1, 0.15) is 27.2 Å². The maximum Gasteiger partial charge on any atom is -0.0360 e. The summed E-state index contributed by atoms with van der Waals surface area (Å²) in [5.41, 5.74) is 0. The predicted molar refractivity (Wildman–Crippen MR) is 32.1 cm³/mol. The largest absolute Gasteiger partial charge is 0.0651 e. The summed E-state index contributed by atoms with van der Waals surface area (Å²) in [6.07, 6.45) is 1.39. The van der Waals surface area contributed by atoms with Gasteiger partial charge in [0.1, 0.15) is 0 Å². The summed E-state index contributed by atoms with van der Waals surface area (Å²) in [7, 11) is 0. The minimum atomic E-state index is 1.03. The molecule has 1 aliphatic carbocycles. The van der Waals surface area contributed by atoms with E-state index >= 15 is 0 Å². The fourth-order valence-corrected chi connectivity index (χ4v) is 1.51. The van der Waals surface area contributed by atoms with Crippen molar-refractivity contribution < 1.29 is 0 Å². The van der Waals surface area contributed by atoms with Crippen LogP contribution in [0.15, 0.2) is 0 Å². The molecule has 0 N–H and O–H groups in total. The van der Waals surface area contributed by atoms with Gasteiger partial charge in [-0.15, -0.1) is 0 Å². The molecule has 0 aromatic carbocycles. The van der Waals surface area contributed by atoms with Gasteiger partial charge in [0.25, 0.3) is 0 Å². The van der Waals surface area contributed by atoms with Crippen molar-refractivity contribution in [2.24, 2.45) is 17.8 Å². The third-order valence-corrected chi connectivity index (χ3v) is 2.51. The lowest BCUT2D eigenvalue weighted by Gasteiger charge is -1.80. The molecule has 0 bridgehead atoms. The molecular formula is C7H14. The Morgan fingerprint density at radius 1 is 1.14 bits per heavy atom. The maximum atomic E-state index is 2.35. The summed E-state index contributed by atoms with van der Waals surface area (Å²) in [4.78, 5) is 0. The Labute approximate surface area is 45.9 Å². The first-order valence-electron chi connectivity index (χ1n) is 3.27. The lowest BCUT2D eigenvalue weighted by molar-refractivity contribution is 0.707. The van der Waals surface area contributed by atoms with Crippen molar-refractivity contribution in [3.63, 3.8) is 0 Å². The predicted octanol–water partition coefficient (Wildman–Crippen LogP) is 2.30. The molecule has 2 atom stereocenters. The smallest absolute Gasteiger partial charge is 0.0360 e. The van der Waals surface area contributed by atoms with Gasteiger partial charge >= 0.3 is 0 Å². The van der Waals surface area contributed by atoms with Crippen molar-refractivity contribution in [3.05, 3.63) is 0 Å². The van der Waals surface area contributed by atoms with Crippen LogP contribution in [0.2, 0.25) is 0 Å². The van der Waals surface area contributed by atoms with Crippen LogP contribution in [0, 0.1) is 17.8 Å². The van der Waals surface area contributed by atoms with Gasteiger partial charge in [-0.2, -0.15) is 0 Å². The molecule has 0 aromatic rings. The topological polar surface area (TPSA) is 0 Å². The fraction of sp³-hybridized carbons (Fsp3) is 1.00. The molecule has 0 radical (unpaired) electrons. The highest BCUT2D eigenvalue weighted by Gasteiger charge is 2.40. The van der Waals surface area contributed by atoms with Gasteiger partial charge in [0, 0.05) is 0 Å². The Balaban J connectivity index is 2.24. The Morgan fingerprint density at radius 2 is 1.57 bits per heavy atom. The second kappa shape index (κ2) is 1.50. The first-order chi connectivity index (χ1) is 3.27. The van der Waals surface area contributed by atoms with Gasteiger partial charge in [0.05, 0.1) is 0 Å². The summed E-state index contributed by atoms with van der Waals surface area (Å²) in [5, 5.41) is 0. The van der Waals surface area contributed by atoms with Crippen LogP contribution in [0.5, 0.6) is 0 Å². The van der Waals surface area contributed by atoms with Crippen molar-refractivity contribution in [1.82, 2.24) is 0 Å². The summed E-state index contributed by atoms with van der Waals surface area (Å²) in [6, 6.07) is 0. The van der Waals surface area contributed by atoms with E-state index in [0.717, 1.165) is 17.8 Å². The monoisotopic (exact) mass is 98.1 g/mol. The minimum Gasteiger partial charge on any atom is -0.0651 e. The third-order valence-electron chi connectivity index (χ3n) is 2.51. The molecule has 0 heteroatoms. The molecule has 1 aliphatic rings. The number of hydrogen-bond donors (Lipinski definition) is 0. The molecule has 0 saturated heterocycles.